The third-order valence-electron chi connectivity index (χ3n) is 9.16. The van der Waals surface area contributed by atoms with Crippen LogP contribution in [0.5, 0.6) is 5.75 Å². The van der Waals surface area contributed by atoms with Crippen LogP contribution in [-0.2, 0) is 29.0 Å². The first-order valence-electron chi connectivity index (χ1n) is 18.2. The van der Waals surface area contributed by atoms with Gasteiger partial charge < -0.3 is 19.7 Å². The monoisotopic (exact) mass is 750 g/mol. The molecule has 0 unspecified atom stereocenters. The maximum atomic E-state index is 14.4. The van der Waals surface area contributed by atoms with Gasteiger partial charge in [0.15, 0.2) is 22.2 Å². The van der Waals surface area contributed by atoms with Crippen LogP contribution in [0.3, 0.4) is 0 Å². The van der Waals surface area contributed by atoms with E-state index < -0.39 is 45.4 Å². The van der Waals surface area contributed by atoms with E-state index in [4.69, 9.17) is 9.47 Å². The Morgan fingerprint density at radius 1 is 0.923 bits per heavy atom. The van der Waals surface area contributed by atoms with Gasteiger partial charge in [-0.3, -0.25) is 14.4 Å². The average Bonchev–Trinajstić information content (AvgIpc) is 3.21. The fourth-order valence-corrected chi connectivity index (χ4v) is 9.35. The number of thioether (sulfide) groups is 1. The second-order valence-electron chi connectivity index (χ2n) is 14.6. The van der Waals surface area contributed by atoms with Crippen LogP contribution in [0.1, 0.15) is 97.6 Å². The molecule has 3 aromatic carbocycles. The Morgan fingerprint density at radius 2 is 1.54 bits per heavy atom. The molecule has 0 bridgehead atoms. The lowest BCUT2D eigenvalue weighted by Crippen LogP contribution is -2.38. The number of fused-ring (bicyclic) bond motifs is 1. The maximum Gasteiger partial charge on any atom is 0.306 e. The number of carbonyl (C=O) groups excluding carboxylic acids is 3. The molecule has 1 heterocycles. The smallest absolute Gasteiger partial charge is 0.306 e. The van der Waals surface area contributed by atoms with Crippen molar-refractivity contribution in [2.75, 3.05) is 30.1 Å². The molecule has 1 N–H and O–H groups in total. The number of esters is 1. The van der Waals surface area contributed by atoms with E-state index in [1.165, 1.54) is 11.8 Å². The Morgan fingerprint density at radius 3 is 2.12 bits per heavy atom. The number of rotatable bonds is 17. The summed E-state index contributed by atoms with van der Waals surface area (Å²) >= 11 is 1.40. The van der Waals surface area contributed by atoms with Crippen molar-refractivity contribution < 1.29 is 32.3 Å². The number of amides is 1. The minimum absolute atomic E-state index is 0.0268. The lowest BCUT2D eigenvalue weighted by molar-refractivity contribution is -0.155. The molecule has 3 aromatic rings. The summed E-state index contributed by atoms with van der Waals surface area (Å²) in [6.07, 6.45) is 7.07. The summed E-state index contributed by atoms with van der Waals surface area (Å²) < 4.78 is 40.3. The number of nitrogens with zero attached hydrogens (tertiary/aromatic N) is 1. The Hall–Kier alpha value is -3.83. The summed E-state index contributed by atoms with van der Waals surface area (Å²) in [6, 6.07) is 21.1. The second-order valence-corrected chi connectivity index (χ2v) is 17.4. The van der Waals surface area contributed by atoms with Gasteiger partial charge in [-0.15, -0.1) is 11.8 Å². The number of para-hydroxylation sites is 1. The molecule has 0 spiro atoms. The van der Waals surface area contributed by atoms with E-state index in [0.717, 1.165) is 44.2 Å². The van der Waals surface area contributed by atoms with Crippen molar-refractivity contribution >= 4 is 50.6 Å². The van der Waals surface area contributed by atoms with Crippen molar-refractivity contribution in [1.82, 2.24) is 5.32 Å². The van der Waals surface area contributed by atoms with Crippen LogP contribution in [0.15, 0.2) is 82.6 Å². The van der Waals surface area contributed by atoms with Gasteiger partial charge in [0.2, 0.25) is 0 Å². The highest BCUT2D eigenvalue weighted by atomic mass is 32.2. The number of unbranched alkanes of at least 4 members (excludes halogenated alkanes) is 2. The minimum atomic E-state index is -3.78. The molecule has 0 aliphatic carbocycles. The molecule has 282 valence electrons. The molecular weight excluding hydrogens is 697 g/mol. The number of Topliss-reactive ketones (excluding diaryl/α,β-unsaturated/α-hetero) is 1. The summed E-state index contributed by atoms with van der Waals surface area (Å²) in [5, 5.41) is 2.78. The molecule has 1 aliphatic rings. The molecule has 0 saturated carbocycles. The largest absolute Gasteiger partial charge is 0.483 e. The summed E-state index contributed by atoms with van der Waals surface area (Å²) in [4.78, 5) is 42.1. The fourth-order valence-electron chi connectivity index (χ4n) is 6.68. The van der Waals surface area contributed by atoms with Crippen LogP contribution in [-0.4, -0.2) is 56.8 Å². The van der Waals surface area contributed by atoms with Crippen LogP contribution < -0.4 is 15.0 Å². The average molecular weight is 751 g/mol. The van der Waals surface area contributed by atoms with Crippen molar-refractivity contribution in [3.05, 3.63) is 78.4 Å². The van der Waals surface area contributed by atoms with Gasteiger partial charge >= 0.3 is 5.97 Å². The second kappa shape index (κ2) is 18.3. The number of ketones is 1. The molecule has 0 fully saturated rings. The van der Waals surface area contributed by atoms with Gasteiger partial charge in [0, 0.05) is 30.1 Å². The van der Waals surface area contributed by atoms with E-state index >= 15 is 0 Å². The normalized spacial score (nSPS) is 15.5. The summed E-state index contributed by atoms with van der Waals surface area (Å²) in [7, 11) is -3.78. The third-order valence-corrected chi connectivity index (χ3v) is 11.9. The van der Waals surface area contributed by atoms with Gasteiger partial charge in [0.1, 0.15) is 17.4 Å². The van der Waals surface area contributed by atoms with E-state index in [2.05, 4.69) is 24.1 Å². The Labute approximate surface area is 314 Å². The standard InChI is InChI=1S/C41H54N2O7S2/c1-7-9-23-41(24-10-8-2)28-43(31-19-15-12-16-20-31)32-25-35(51-6)34(26-36(32)52(47,48)29-41)49-27-37(45)42-39(30-17-13-11-14-18-30)33(44)21-22-38(46)50-40(3,4)5/h11-20,25-26,39H,7-10,21-24,27-29H2,1-6H3,(H,42,45)/t39-/m1/s1. The van der Waals surface area contributed by atoms with E-state index in [-0.39, 0.29) is 35.0 Å². The summed E-state index contributed by atoms with van der Waals surface area (Å²) in [5.74, 6) is -1.10. The van der Waals surface area contributed by atoms with Gasteiger partial charge in [-0.1, -0.05) is 88.1 Å². The van der Waals surface area contributed by atoms with Gasteiger partial charge in [-0.05, 0) is 63.6 Å². The molecule has 4 rings (SSSR count). The van der Waals surface area contributed by atoms with E-state index in [0.29, 0.717) is 22.7 Å². The van der Waals surface area contributed by atoms with Crippen molar-refractivity contribution in [3.63, 3.8) is 0 Å². The van der Waals surface area contributed by atoms with Gasteiger partial charge in [-0.25, -0.2) is 8.42 Å². The van der Waals surface area contributed by atoms with Crippen LogP contribution in [0.25, 0.3) is 0 Å². The zero-order chi connectivity index (χ0) is 37.9. The van der Waals surface area contributed by atoms with E-state index in [9.17, 15) is 22.8 Å². The SMILES string of the molecule is CCCCC1(CCCC)CN(c2ccccc2)c2cc(SC)c(OCC(=O)N[C@@H](C(=O)CCC(=O)OC(C)(C)C)c3ccccc3)cc2S(=O)(=O)C1. The number of anilines is 2. The van der Waals surface area contributed by atoms with Crippen molar-refractivity contribution in [2.24, 2.45) is 5.41 Å². The molecule has 1 amide bonds. The molecule has 0 saturated heterocycles. The molecule has 1 aliphatic heterocycles. The molecule has 0 aromatic heterocycles. The Bertz CT molecular complexity index is 1770. The summed E-state index contributed by atoms with van der Waals surface area (Å²) in [5.41, 5.74) is 0.968. The first-order valence-corrected chi connectivity index (χ1v) is 21.1. The predicted molar refractivity (Wildman–Crippen MR) is 208 cm³/mol. The van der Waals surface area contributed by atoms with E-state index in [1.807, 2.05) is 48.7 Å². The fraction of sp³-hybridized carbons (Fsp3) is 0.488. The molecule has 0 radical (unpaired) electrons. The van der Waals surface area contributed by atoms with Crippen LogP contribution in [0.2, 0.25) is 0 Å². The quantitative estimate of drug-likeness (QED) is 0.107. The van der Waals surface area contributed by atoms with Gasteiger partial charge in [-0.2, -0.15) is 0 Å². The predicted octanol–water partition coefficient (Wildman–Crippen LogP) is 8.63. The number of carbonyl (C=O) groups is 3. The van der Waals surface area contributed by atoms with Gasteiger partial charge in [0.25, 0.3) is 5.91 Å². The lowest BCUT2D eigenvalue weighted by Gasteiger charge is -2.37. The first-order chi connectivity index (χ1) is 24.7. The maximum absolute atomic E-state index is 14.4. The number of hydrogen-bond acceptors (Lipinski definition) is 9. The van der Waals surface area contributed by atoms with Crippen molar-refractivity contribution in [2.45, 2.75) is 107 Å². The van der Waals surface area contributed by atoms with Crippen molar-refractivity contribution in [1.29, 1.82) is 0 Å². The zero-order valence-corrected chi connectivity index (χ0v) is 33.0. The van der Waals surface area contributed by atoms with Crippen LogP contribution >= 0.6 is 11.8 Å². The number of sulfone groups is 1. The first kappa shape index (κ1) is 40.9. The number of ether oxygens (including phenoxy) is 2. The highest BCUT2D eigenvalue weighted by molar-refractivity contribution is 7.98. The molecule has 1 atom stereocenters. The van der Waals surface area contributed by atoms with Crippen LogP contribution in [0.4, 0.5) is 11.4 Å². The Kier molecular flexibility index (Phi) is 14.4. The zero-order valence-electron chi connectivity index (χ0n) is 31.4. The van der Waals surface area contributed by atoms with Crippen LogP contribution in [0, 0.1) is 5.41 Å². The van der Waals surface area contributed by atoms with Gasteiger partial charge in [0.05, 0.1) is 27.7 Å². The lowest BCUT2D eigenvalue weighted by atomic mass is 9.79. The number of benzene rings is 3. The topological polar surface area (TPSA) is 119 Å². The molecule has 52 heavy (non-hydrogen) atoms. The summed E-state index contributed by atoms with van der Waals surface area (Å²) in [6.45, 7) is 9.67. The van der Waals surface area contributed by atoms with Crippen molar-refractivity contribution in [3.8, 4) is 5.75 Å². The molecule has 9 nitrogen and oxygen atoms in total. The Balaban J connectivity index is 1.63. The van der Waals surface area contributed by atoms with E-state index in [1.54, 1.807) is 51.1 Å². The third kappa shape index (κ3) is 11.1. The minimum Gasteiger partial charge on any atom is -0.483 e. The highest BCUT2D eigenvalue weighted by Crippen LogP contribution is 2.47. The molecular formula is C41H54N2O7S2. The number of hydrogen-bond donors (Lipinski definition) is 1. The number of nitrogens with one attached hydrogen (secondary N) is 1. The highest BCUT2D eigenvalue weighted by Gasteiger charge is 2.42. The molecule has 11 heteroatoms.